The van der Waals surface area contributed by atoms with Crippen LogP contribution in [0.1, 0.15) is 37.2 Å². The van der Waals surface area contributed by atoms with Crippen molar-refractivity contribution in [2.75, 3.05) is 28.6 Å². The number of carbonyl (C=O) groups excluding carboxylic acids is 2. The van der Waals surface area contributed by atoms with E-state index in [9.17, 15) is 14.4 Å². The van der Waals surface area contributed by atoms with Gasteiger partial charge >= 0.3 is 0 Å². The first-order valence-corrected chi connectivity index (χ1v) is 10.1. The highest BCUT2D eigenvalue weighted by Crippen LogP contribution is 2.32. The number of aromatic amines is 1. The number of fused-ring (bicyclic) bond motifs is 1. The molecule has 0 aliphatic carbocycles. The van der Waals surface area contributed by atoms with Crippen LogP contribution in [-0.4, -0.2) is 34.9 Å². The van der Waals surface area contributed by atoms with Crippen LogP contribution < -0.4 is 21.1 Å². The maximum atomic E-state index is 12.9. The molecule has 8 nitrogen and oxygen atoms in total. The van der Waals surface area contributed by atoms with E-state index in [0.29, 0.717) is 21.7 Å². The lowest BCUT2D eigenvalue weighted by molar-refractivity contribution is -0.123. The summed E-state index contributed by atoms with van der Waals surface area (Å²) < 4.78 is 0. The second kappa shape index (κ2) is 8.04. The average molecular weight is 436 g/mol. The molecule has 2 aromatic rings. The predicted molar refractivity (Wildman–Crippen MR) is 112 cm³/mol. The molecule has 0 spiro atoms. The van der Waals surface area contributed by atoms with Gasteiger partial charge in [0.05, 0.1) is 22.2 Å². The van der Waals surface area contributed by atoms with Crippen LogP contribution in [0.4, 0.5) is 17.5 Å². The molecule has 4 rings (SSSR count). The van der Waals surface area contributed by atoms with Gasteiger partial charge in [0.25, 0.3) is 5.56 Å². The van der Waals surface area contributed by atoms with Gasteiger partial charge in [0.15, 0.2) is 0 Å². The number of anilines is 3. The summed E-state index contributed by atoms with van der Waals surface area (Å²) in [6, 6.07) is 4.66. The molecule has 2 amide bonds. The molecule has 1 aromatic heterocycles. The first-order chi connectivity index (χ1) is 13.9. The molecule has 152 valence electrons. The molecule has 0 bridgehead atoms. The van der Waals surface area contributed by atoms with Crippen LogP contribution in [0.2, 0.25) is 10.0 Å². The van der Waals surface area contributed by atoms with Gasteiger partial charge in [0.2, 0.25) is 17.8 Å². The zero-order chi connectivity index (χ0) is 20.5. The molecule has 2 aliphatic heterocycles. The van der Waals surface area contributed by atoms with Crippen LogP contribution in [-0.2, 0) is 9.59 Å². The van der Waals surface area contributed by atoms with Gasteiger partial charge in [-0.25, -0.2) is 0 Å². The highest BCUT2D eigenvalue weighted by molar-refractivity contribution is 6.35. The summed E-state index contributed by atoms with van der Waals surface area (Å²) in [7, 11) is 0. The molecule has 1 unspecified atom stereocenters. The number of rotatable bonds is 3. The van der Waals surface area contributed by atoms with Crippen LogP contribution in [0.15, 0.2) is 23.0 Å². The maximum absolute atomic E-state index is 12.9. The van der Waals surface area contributed by atoms with Crippen molar-refractivity contribution >= 4 is 52.5 Å². The fourth-order valence-corrected chi connectivity index (χ4v) is 3.99. The average Bonchev–Trinajstić information content (AvgIpc) is 2.70. The van der Waals surface area contributed by atoms with Crippen molar-refractivity contribution < 1.29 is 9.59 Å². The molecule has 1 saturated heterocycles. The number of hydrogen-bond donors (Lipinski definition) is 3. The van der Waals surface area contributed by atoms with E-state index in [1.807, 2.05) is 4.90 Å². The van der Waals surface area contributed by atoms with Crippen molar-refractivity contribution in [1.29, 1.82) is 0 Å². The number of carbonyl (C=O) groups is 2. The summed E-state index contributed by atoms with van der Waals surface area (Å²) >= 11 is 12.1. The van der Waals surface area contributed by atoms with E-state index in [2.05, 4.69) is 20.6 Å². The Kier molecular flexibility index (Phi) is 5.47. The molecule has 0 radical (unpaired) electrons. The zero-order valence-corrected chi connectivity index (χ0v) is 16.9. The Morgan fingerprint density at radius 3 is 2.69 bits per heavy atom. The largest absolute Gasteiger partial charge is 0.342 e. The van der Waals surface area contributed by atoms with Crippen LogP contribution in [0.3, 0.4) is 0 Å². The number of benzene rings is 1. The Bertz CT molecular complexity index is 1030. The Labute approximate surface area is 176 Å². The van der Waals surface area contributed by atoms with Crippen LogP contribution in [0.5, 0.6) is 0 Å². The summed E-state index contributed by atoms with van der Waals surface area (Å²) in [5, 5.41) is 5.99. The van der Waals surface area contributed by atoms with Gasteiger partial charge in [-0.1, -0.05) is 23.2 Å². The number of amides is 2. The van der Waals surface area contributed by atoms with Gasteiger partial charge in [0.1, 0.15) is 5.82 Å². The van der Waals surface area contributed by atoms with Gasteiger partial charge < -0.3 is 15.5 Å². The Morgan fingerprint density at radius 2 is 1.93 bits per heavy atom. The van der Waals surface area contributed by atoms with Crippen molar-refractivity contribution in [3.63, 3.8) is 0 Å². The molecular weight excluding hydrogens is 417 g/mol. The SMILES string of the molecule is O=C1CC(C(=O)Nc2cc(Cl)ccc2Cl)c2c(nc(N3CCCCC3)[nH]c2=O)N1. The zero-order valence-electron chi connectivity index (χ0n) is 15.4. The molecule has 2 aliphatic rings. The fourth-order valence-electron chi connectivity index (χ4n) is 3.65. The van der Waals surface area contributed by atoms with Crippen LogP contribution in [0.25, 0.3) is 0 Å². The lowest BCUT2D eigenvalue weighted by Gasteiger charge is -2.29. The predicted octanol–water partition coefficient (Wildman–Crippen LogP) is 3.13. The molecule has 10 heteroatoms. The first-order valence-electron chi connectivity index (χ1n) is 9.37. The Morgan fingerprint density at radius 1 is 1.17 bits per heavy atom. The van der Waals surface area contributed by atoms with E-state index in [1.165, 1.54) is 6.07 Å². The molecule has 1 fully saturated rings. The maximum Gasteiger partial charge on any atom is 0.258 e. The standard InChI is InChI=1S/C19H19Cl2N5O3/c20-10-4-5-12(21)13(8-10)22-17(28)11-9-14(27)23-16-15(11)18(29)25-19(24-16)26-6-2-1-3-7-26/h4-5,8,11H,1-3,6-7,9H2,(H,22,28)(H2,23,24,25,27,29). The van der Waals surface area contributed by atoms with Crippen LogP contribution in [0, 0.1) is 0 Å². The number of halogens is 2. The lowest BCUT2D eigenvalue weighted by Crippen LogP contribution is -2.38. The van der Waals surface area contributed by atoms with Crippen molar-refractivity contribution in [2.45, 2.75) is 31.6 Å². The molecular formula is C19H19Cl2N5O3. The van der Waals surface area contributed by atoms with Gasteiger partial charge in [-0.05, 0) is 37.5 Å². The number of hydrogen-bond acceptors (Lipinski definition) is 5. The van der Waals surface area contributed by atoms with E-state index in [1.54, 1.807) is 12.1 Å². The highest BCUT2D eigenvalue weighted by Gasteiger charge is 2.35. The molecule has 1 atom stereocenters. The first kappa shape index (κ1) is 19.7. The van der Waals surface area contributed by atoms with Gasteiger partial charge in [-0.3, -0.25) is 19.4 Å². The number of piperidine rings is 1. The Hall–Kier alpha value is -2.58. The molecule has 3 N–H and O–H groups in total. The van der Waals surface area contributed by atoms with Crippen molar-refractivity contribution in [3.05, 3.63) is 44.2 Å². The topological polar surface area (TPSA) is 107 Å². The van der Waals surface area contributed by atoms with Crippen molar-refractivity contribution in [1.82, 2.24) is 9.97 Å². The summed E-state index contributed by atoms with van der Waals surface area (Å²) in [6.45, 7) is 1.57. The minimum atomic E-state index is -0.986. The second-order valence-corrected chi connectivity index (χ2v) is 7.96. The number of aromatic nitrogens is 2. The number of nitrogens with one attached hydrogen (secondary N) is 3. The quantitative estimate of drug-likeness (QED) is 0.686. The second-order valence-electron chi connectivity index (χ2n) is 7.12. The van der Waals surface area contributed by atoms with Gasteiger partial charge in [-0.2, -0.15) is 4.98 Å². The van der Waals surface area contributed by atoms with Crippen molar-refractivity contribution in [3.8, 4) is 0 Å². The van der Waals surface area contributed by atoms with E-state index in [4.69, 9.17) is 23.2 Å². The summed E-state index contributed by atoms with van der Waals surface area (Å²) in [4.78, 5) is 47.1. The van der Waals surface area contributed by atoms with E-state index in [0.717, 1.165) is 32.4 Å². The highest BCUT2D eigenvalue weighted by atomic mass is 35.5. The third-order valence-corrected chi connectivity index (χ3v) is 5.66. The van der Waals surface area contributed by atoms with E-state index in [-0.39, 0.29) is 23.7 Å². The molecule has 0 saturated carbocycles. The van der Waals surface area contributed by atoms with E-state index < -0.39 is 17.4 Å². The number of nitrogens with zero attached hydrogens (tertiary/aromatic N) is 2. The molecule has 29 heavy (non-hydrogen) atoms. The monoisotopic (exact) mass is 435 g/mol. The lowest BCUT2D eigenvalue weighted by atomic mass is 9.92. The minimum Gasteiger partial charge on any atom is -0.342 e. The summed E-state index contributed by atoms with van der Waals surface area (Å²) in [5.74, 6) is -1.35. The van der Waals surface area contributed by atoms with Gasteiger partial charge in [0, 0.05) is 24.5 Å². The number of H-pyrrole nitrogens is 1. The Balaban J connectivity index is 1.66. The minimum absolute atomic E-state index is 0.128. The smallest absolute Gasteiger partial charge is 0.258 e. The fraction of sp³-hybridized carbons (Fsp3) is 0.368. The molecule has 3 heterocycles. The van der Waals surface area contributed by atoms with Crippen molar-refractivity contribution in [2.24, 2.45) is 0 Å². The third kappa shape index (κ3) is 4.09. The third-order valence-electron chi connectivity index (χ3n) is 5.10. The van der Waals surface area contributed by atoms with Crippen LogP contribution >= 0.6 is 23.2 Å². The van der Waals surface area contributed by atoms with E-state index >= 15 is 0 Å². The molecule has 1 aromatic carbocycles. The van der Waals surface area contributed by atoms with Gasteiger partial charge in [-0.15, -0.1) is 0 Å². The summed E-state index contributed by atoms with van der Waals surface area (Å²) in [6.07, 6.45) is 3.00. The summed E-state index contributed by atoms with van der Waals surface area (Å²) in [5.41, 5.74) is 0.0138. The normalized spacial score (nSPS) is 18.8.